The number of para-hydroxylation sites is 1. The first-order valence-corrected chi connectivity index (χ1v) is 6.81. The van der Waals surface area contributed by atoms with Gasteiger partial charge in [-0.1, -0.05) is 18.2 Å². The van der Waals surface area contributed by atoms with E-state index in [0.29, 0.717) is 5.69 Å². The molecule has 0 radical (unpaired) electrons. The van der Waals surface area contributed by atoms with Crippen LogP contribution in [0, 0.1) is 5.82 Å². The van der Waals surface area contributed by atoms with Crippen LogP contribution >= 0.6 is 0 Å². The van der Waals surface area contributed by atoms with Crippen molar-refractivity contribution in [1.82, 2.24) is 9.78 Å². The van der Waals surface area contributed by atoms with Gasteiger partial charge >= 0.3 is 0 Å². The standard InChI is InChI=1S/C16H16FN3O/c1-2-20-15-6-4-3-5-12(15)14(19-20)10-21-16-8-7-11(18)9-13(16)17/h3-9H,2,10,18H2,1H3. The van der Waals surface area contributed by atoms with Gasteiger partial charge in [0.15, 0.2) is 11.6 Å². The molecule has 1 aromatic heterocycles. The number of nitrogens with zero attached hydrogens (tertiary/aromatic N) is 2. The van der Waals surface area contributed by atoms with Gasteiger partial charge in [0, 0.05) is 23.7 Å². The average molecular weight is 285 g/mol. The van der Waals surface area contributed by atoms with Gasteiger partial charge in [0.2, 0.25) is 0 Å². The summed E-state index contributed by atoms with van der Waals surface area (Å²) in [6.07, 6.45) is 0. The second-order valence-electron chi connectivity index (χ2n) is 4.76. The summed E-state index contributed by atoms with van der Waals surface area (Å²) in [6.45, 7) is 3.02. The first kappa shape index (κ1) is 13.4. The summed E-state index contributed by atoms with van der Waals surface area (Å²) >= 11 is 0. The molecule has 0 spiro atoms. The van der Waals surface area contributed by atoms with Gasteiger partial charge in [-0.05, 0) is 25.1 Å². The van der Waals surface area contributed by atoms with Crippen LogP contribution < -0.4 is 10.5 Å². The number of hydrogen-bond acceptors (Lipinski definition) is 3. The molecule has 0 saturated heterocycles. The molecule has 0 saturated carbocycles. The van der Waals surface area contributed by atoms with E-state index in [1.165, 1.54) is 12.1 Å². The quantitative estimate of drug-likeness (QED) is 0.748. The molecule has 0 aliphatic rings. The number of halogens is 1. The zero-order chi connectivity index (χ0) is 14.8. The normalized spacial score (nSPS) is 11.0. The Morgan fingerprint density at radius 3 is 2.81 bits per heavy atom. The monoisotopic (exact) mass is 285 g/mol. The summed E-state index contributed by atoms with van der Waals surface area (Å²) in [5.74, 6) is -0.284. The molecule has 0 bridgehead atoms. The number of anilines is 1. The maximum Gasteiger partial charge on any atom is 0.167 e. The van der Waals surface area contributed by atoms with Crippen LogP contribution in [0.5, 0.6) is 5.75 Å². The topological polar surface area (TPSA) is 53.1 Å². The van der Waals surface area contributed by atoms with E-state index in [9.17, 15) is 4.39 Å². The Morgan fingerprint density at radius 2 is 2.05 bits per heavy atom. The number of ether oxygens (including phenoxy) is 1. The van der Waals surface area contributed by atoms with Crippen LogP contribution in [-0.2, 0) is 13.2 Å². The van der Waals surface area contributed by atoms with Gasteiger partial charge in [-0.15, -0.1) is 0 Å². The van der Waals surface area contributed by atoms with Gasteiger partial charge in [-0.3, -0.25) is 4.68 Å². The molecule has 0 unspecified atom stereocenters. The van der Waals surface area contributed by atoms with Crippen LogP contribution in [0.4, 0.5) is 10.1 Å². The van der Waals surface area contributed by atoms with E-state index < -0.39 is 5.82 Å². The summed E-state index contributed by atoms with van der Waals surface area (Å²) in [6, 6.07) is 12.3. The third kappa shape index (κ3) is 2.54. The van der Waals surface area contributed by atoms with Crippen molar-refractivity contribution in [3.63, 3.8) is 0 Å². The smallest absolute Gasteiger partial charge is 0.167 e. The van der Waals surface area contributed by atoms with Crippen molar-refractivity contribution in [2.24, 2.45) is 0 Å². The van der Waals surface area contributed by atoms with E-state index in [1.807, 2.05) is 35.9 Å². The number of benzene rings is 2. The molecule has 3 aromatic rings. The fraction of sp³-hybridized carbons (Fsp3) is 0.188. The van der Waals surface area contributed by atoms with Crippen LogP contribution in [0.25, 0.3) is 10.9 Å². The van der Waals surface area contributed by atoms with Crippen molar-refractivity contribution in [2.45, 2.75) is 20.1 Å². The van der Waals surface area contributed by atoms with E-state index in [1.54, 1.807) is 6.07 Å². The predicted octanol–water partition coefficient (Wildman–Crippen LogP) is 3.36. The molecule has 1 heterocycles. The molecule has 2 N–H and O–H groups in total. The lowest BCUT2D eigenvalue weighted by Gasteiger charge is -2.06. The Bertz CT molecular complexity index is 782. The second kappa shape index (κ2) is 5.44. The molecule has 5 heteroatoms. The zero-order valence-corrected chi connectivity index (χ0v) is 11.7. The molecule has 2 aromatic carbocycles. The highest BCUT2D eigenvalue weighted by molar-refractivity contribution is 5.81. The van der Waals surface area contributed by atoms with E-state index >= 15 is 0 Å². The summed E-state index contributed by atoms with van der Waals surface area (Å²) in [7, 11) is 0. The highest BCUT2D eigenvalue weighted by atomic mass is 19.1. The van der Waals surface area contributed by atoms with Gasteiger partial charge in [-0.2, -0.15) is 5.10 Å². The van der Waals surface area contributed by atoms with E-state index in [4.69, 9.17) is 10.5 Å². The molecule has 0 fully saturated rings. The third-order valence-corrected chi connectivity index (χ3v) is 3.35. The van der Waals surface area contributed by atoms with Gasteiger partial charge in [0.25, 0.3) is 0 Å². The first-order chi connectivity index (χ1) is 10.2. The Hall–Kier alpha value is -2.56. The van der Waals surface area contributed by atoms with Crippen molar-refractivity contribution in [3.05, 3.63) is 54.0 Å². The Morgan fingerprint density at radius 1 is 1.24 bits per heavy atom. The number of hydrogen-bond donors (Lipinski definition) is 1. The van der Waals surface area contributed by atoms with Gasteiger partial charge in [0.1, 0.15) is 12.3 Å². The maximum absolute atomic E-state index is 13.7. The minimum Gasteiger partial charge on any atom is -0.484 e. The fourth-order valence-electron chi connectivity index (χ4n) is 2.32. The van der Waals surface area contributed by atoms with Crippen molar-refractivity contribution in [1.29, 1.82) is 0 Å². The largest absolute Gasteiger partial charge is 0.484 e. The maximum atomic E-state index is 13.7. The lowest BCUT2D eigenvalue weighted by molar-refractivity contribution is 0.286. The van der Waals surface area contributed by atoms with Gasteiger partial charge in [0.05, 0.1) is 5.52 Å². The SMILES string of the molecule is CCn1nc(COc2ccc(N)cc2F)c2ccccc21. The van der Waals surface area contributed by atoms with Gasteiger partial charge < -0.3 is 10.5 Å². The lowest BCUT2D eigenvalue weighted by atomic mass is 10.2. The Kier molecular flexibility index (Phi) is 3.48. The Labute approximate surface area is 121 Å². The summed E-state index contributed by atoms with van der Waals surface area (Å²) in [4.78, 5) is 0. The van der Waals surface area contributed by atoms with Crippen LogP contribution in [-0.4, -0.2) is 9.78 Å². The zero-order valence-electron chi connectivity index (χ0n) is 11.7. The number of rotatable bonds is 4. The number of nitrogen functional groups attached to an aromatic ring is 1. The average Bonchev–Trinajstić information content (AvgIpc) is 2.85. The van der Waals surface area contributed by atoms with Crippen molar-refractivity contribution in [3.8, 4) is 5.75 Å². The van der Waals surface area contributed by atoms with Crippen LogP contribution in [0.1, 0.15) is 12.6 Å². The molecule has 0 aliphatic carbocycles. The highest BCUT2D eigenvalue weighted by Gasteiger charge is 2.11. The van der Waals surface area contributed by atoms with E-state index in [0.717, 1.165) is 23.1 Å². The summed E-state index contributed by atoms with van der Waals surface area (Å²) in [5, 5.41) is 5.54. The number of aryl methyl sites for hydroxylation is 1. The fourth-order valence-corrected chi connectivity index (χ4v) is 2.32. The predicted molar refractivity (Wildman–Crippen MR) is 80.6 cm³/mol. The lowest BCUT2D eigenvalue weighted by Crippen LogP contribution is -2.01. The third-order valence-electron chi connectivity index (χ3n) is 3.35. The van der Waals surface area contributed by atoms with Crippen LogP contribution in [0.2, 0.25) is 0 Å². The first-order valence-electron chi connectivity index (χ1n) is 6.81. The minimum atomic E-state index is -0.464. The van der Waals surface area contributed by atoms with Crippen molar-refractivity contribution >= 4 is 16.6 Å². The van der Waals surface area contributed by atoms with Crippen molar-refractivity contribution < 1.29 is 9.13 Å². The van der Waals surface area contributed by atoms with Crippen LogP contribution in [0.15, 0.2) is 42.5 Å². The summed E-state index contributed by atoms with van der Waals surface area (Å²) in [5.41, 5.74) is 7.74. The van der Waals surface area contributed by atoms with Gasteiger partial charge in [-0.25, -0.2) is 4.39 Å². The van der Waals surface area contributed by atoms with E-state index in [-0.39, 0.29) is 12.4 Å². The number of aromatic nitrogens is 2. The molecule has 4 nitrogen and oxygen atoms in total. The molecule has 21 heavy (non-hydrogen) atoms. The molecule has 0 amide bonds. The van der Waals surface area contributed by atoms with Crippen LogP contribution in [0.3, 0.4) is 0 Å². The highest BCUT2D eigenvalue weighted by Crippen LogP contribution is 2.23. The molecule has 108 valence electrons. The molecule has 0 atom stereocenters. The minimum absolute atomic E-state index is 0.180. The molecule has 3 rings (SSSR count). The number of nitrogens with two attached hydrogens (primary N) is 1. The van der Waals surface area contributed by atoms with E-state index in [2.05, 4.69) is 5.10 Å². The van der Waals surface area contributed by atoms with Crippen molar-refractivity contribution in [2.75, 3.05) is 5.73 Å². The number of fused-ring (bicyclic) bond motifs is 1. The molecular formula is C16H16FN3O. The molecule has 0 aliphatic heterocycles. The Balaban J connectivity index is 1.88. The molecular weight excluding hydrogens is 269 g/mol. The second-order valence-corrected chi connectivity index (χ2v) is 4.76. The summed E-state index contributed by atoms with van der Waals surface area (Å²) < 4.78 is 21.2.